The lowest BCUT2D eigenvalue weighted by Gasteiger charge is -2.29. The number of hydrogen-bond acceptors (Lipinski definition) is 7. The number of para-hydroxylation sites is 1. The number of nitrogens with zero attached hydrogens (tertiary/aromatic N) is 4. The molecule has 0 aromatic heterocycles. The number of hydrazine groups is 1. The largest absolute Gasteiger partial charge is 0.595 e. The molecule has 2 aromatic carbocycles. The predicted octanol–water partition coefficient (Wildman–Crippen LogP) is 2.03. The Hall–Kier alpha value is -3.16. The van der Waals surface area contributed by atoms with Crippen molar-refractivity contribution in [2.75, 3.05) is 5.32 Å². The Morgan fingerprint density at radius 1 is 1.23 bits per heavy atom. The number of quaternary nitrogens is 1. The third-order valence-corrected chi connectivity index (χ3v) is 4.43. The Kier molecular flexibility index (Phi) is 6.87. The van der Waals surface area contributed by atoms with E-state index in [1.807, 2.05) is 30.3 Å². The summed E-state index contributed by atoms with van der Waals surface area (Å²) in [4.78, 5) is 17.1. The van der Waals surface area contributed by atoms with Crippen LogP contribution in [0, 0.1) is 5.21 Å². The number of anilines is 1. The molecule has 0 fully saturated rings. The van der Waals surface area contributed by atoms with Gasteiger partial charge in [0.2, 0.25) is 5.11 Å². The third kappa shape index (κ3) is 5.25. The number of nitrogens with one attached hydrogen (secondary N) is 3. The van der Waals surface area contributed by atoms with Crippen LogP contribution in [-0.4, -0.2) is 38.1 Å². The highest BCUT2D eigenvalue weighted by Gasteiger charge is 2.34. The van der Waals surface area contributed by atoms with E-state index in [0.717, 1.165) is 10.7 Å². The fraction of sp³-hybridized carbons (Fsp3) is 0.111. The average molecular weight is 444 g/mol. The van der Waals surface area contributed by atoms with E-state index in [4.69, 9.17) is 29.6 Å². The van der Waals surface area contributed by atoms with Gasteiger partial charge >= 0.3 is 0 Å². The van der Waals surface area contributed by atoms with Gasteiger partial charge in [-0.25, -0.2) is 10.2 Å². The Labute approximate surface area is 182 Å². The standard InChI is InChI=1S/C18H17N7O3S2/c1-11-15(22-21-13-7-9-14(10-8-13)25(27)28)16(26)24(18(30)19-11)23-17(29)20-12-5-3-2-4-6-12/h2-10,15,25,27H,1H3,(H2,20,23,29)/t15-/m0/s1. The molecule has 1 heterocycles. The summed E-state index contributed by atoms with van der Waals surface area (Å²) in [6.45, 7) is 1.62. The molecule has 12 heteroatoms. The van der Waals surface area contributed by atoms with Crippen LogP contribution in [0.3, 0.4) is 0 Å². The average Bonchev–Trinajstić information content (AvgIpc) is 2.72. The fourth-order valence-electron chi connectivity index (χ4n) is 2.47. The molecule has 154 valence electrons. The second-order valence-electron chi connectivity index (χ2n) is 6.11. The van der Waals surface area contributed by atoms with Gasteiger partial charge in [0.1, 0.15) is 0 Å². The first kappa shape index (κ1) is 21.5. The zero-order valence-corrected chi connectivity index (χ0v) is 17.3. The highest BCUT2D eigenvalue weighted by atomic mass is 32.1. The van der Waals surface area contributed by atoms with Crippen LogP contribution in [0.4, 0.5) is 17.1 Å². The van der Waals surface area contributed by atoms with Crippen molar-refractivity contribution in [2.45, 2.75) is 13.0 Å². The summed E-state index contributed by atoms with van der Waals surface area (Å²) in [5, 5.41) is 31.0. The van der Waals surface area contributed by atoms with Gasteiger partial charge in [-0.2, -0.15) is 20.5 Å². The van der Waals surface area contributed by atoms with E-state index in [1.54, 1.807) is 6.92 Å². The lowest BCUT2D eigenvalue weighted by Crippen LogP contribution is -2.99. The lowest BCUT2D eigenvalue weighted by molar-refractivity contribution is -0.991. The quantitative estimate of drug-likeness (QED) is 0.316. The molecule has 4 N–H and O–H groups in total. The van der Waals surface area contributed by atoms with Gasteiger partial charge in [-0.1, -0.05) is 18.2 Å². The number of carbonyl (C=O) groups excluding carboxylic acids is 1. The van der Waals surface area contributed by atoms with E-state index in [0.29, 0.717) is 11.4 Å². The Morgan fingerprint density at radius 2 is 1.90 bits per heavy atom. The summed E-state index contributed by atoms with van der Waals surface area (Å²) < 4.78 is 0. The van der Waals surface area contributed by atoms with Gasteiger partial charge in [0.15, 0.2) is 16.8 Å². The highest BCUT2D eigenvalue weighted by Crippen LogP contribution is 2.17. The normalized spacial score (nSPS) is 17.6. The number of aliphatic imine (C=N–C) groups is 1. The number of amides is 1. The van der Waals surface area contributed by atoms with Crippen LogP contribution < -0.4 is 16.0 Å². The summed E-state index contributed by atoms with van der Waals surface area (Å²) in [7, 11) is 0. The lowest BCUT2D eigenvalue weighted by atomic mass is 10.1. The molecular formula is C18H17N7O3S2. The molecule has 0 aliphatic carbocycles. The van der Waals surface area contributed by atoms with Crippen LogP contribution in [0.15, 0.2) is 69.8 Å². The van der Waals surface area contributed by atoms with Crippen molar-refractivity contribution in [1.82, 2.24) is 10.4 Å². The van der Waals surface area contributed by atoms with E-state index in [9.17, 15) is 10.0 Å². The number of carbonyl (C=O) groups is 1. The van der Waals surface area contributed by atoms with E-state index in [-0.39, 0.29) is 15.9 Å². The van der Waals surface area contributed by atoms with E-state index >= 15 is 0 Å². The molecule has 0 saturated heterocycles. The van der Waals surface area contributed by atoms with E-state index < -0.39 is 17.2 Å². The maximum atomic E-state index is 12.9. The molecule has 10 nitrogen and oxygen atoms in total. The molecule has 0 saturated carbocycles. The van der Waals surface area contributed by atoms with Crippen molar-refractivity contribution in [1.29, 1.82) is 0 Å². The van der Waals surface area contributed by atoms with E-state index in [2.05, 4.69) is 26.0 Å². The zero-order valence-electron chi connectivity index (χ0n) is 15.6. The van der Waals surface area contributed by atoms with Gasteiger partial charge < -0.3 is 10.5 Å². The predicted molar refractivity (Wildman–Crippen MR) is 119 cm³/mol. The minimum Gasteiger partial charge on any atom is -0.595 e. The monoisotopic (exact) mass is 443 g/mol. The Balaban J connectivity index is 1.71. The molecule has 1 amide bonds. The molecule has 2 aromatic rings. The van der Waals surface area contributed by atoms with Crippen molar-refractivity contribution in [3.63, 3.8) is 0 Å². The van der Waals surface area contributed by atoms with Crippen LogP contribution in [0.5, 0.6) is 0 Å². The molecule has 30 heavy (non-hydrogen) atoms. The maximum absolute atomic E-state index is 12.9. The van der Waals surface area contributed by atoms with Gasteiger partial charge in [-0.15, -0.1) is 0 Å². The second kappa shape index (κ2) is 9.56. The van der Waals surface area contributed by atoms with Crippen molar-refractivity contribution < 1.29 is 15.2 Å². The first-order valence-electron chi connectivity index (χ1n) is 8.65. The minimum absolute atomic E-state index is 0.00646. The molecule has 1 unspecified atom stereocenters. The van der Waals surface area contributed by atoms with Crippen molar-refractivity contribution in [3.05, 3.63) is 59.8 Å². The zero-order chi connectivity index (χ0) is 21.7. The summed E-state index contributed by atoms with van der Waals surface area (Å²) in [6.07, 6.45) is 0. The number of rotatable bonds is 5. The summed E-state index contributed by atoms with van der Waals surface area (Å²) in [5.41, 5.74) is 4.37. The topological polar surface area (TPSA) is 129 Å². The summed E-state index contributed by atoms with van der Waals surface area (Å²) in [5.74, 6) is -0.490. The van der Waals surface area contributed by atoms with Crippen molar-refractivity contribution >= 4 is 63.3 Å². The Morgan fingerprint density at radius 3 is 2.53 bits per heavy atom. The van der Waals surface area contributed by atoms with Crippen LogP contribution in [-0.2, 0) is 4.79 Å². The minimum atomic E-state index is -1.04. The molecule has 3 rings (SSSR count). The molecule has 1 aliphatic rings. The SMILES string of the molecule is CC1=NC(=S)N(NC(=S)Nc2ccccc2)C(=O)[C@H]1N=Nc1ccc([NH+]([O-])O)cc1. The fourth-order valence-corrected chi connectivity index (χ4v) is 2.96. The van der Waals surface area contributed by atoms with Gasteiger partial charge in [0, 0.05) is 17.8 Å². The third-order valence-electron chi connectivity index (χ3n) is 3.96. The molecule has 0 bridgehead atoms. The van der Waals surface area contributed by atoms with E-state index in [1.165, 1.54) is 24.3 Å². The number of hydrogen-bond donors (Lipinski definition) is 4. The van der Waals surface area contributed by atoms with Crippen LogP contribution >= 0.6 is 24.4 Å². The van der Waals surface area contributed by atoms with Gasteiger partial charge in [0.05, 0.1) is 11.4 Å². The summed E-state index contributed by atoms with van der Waals surface area (Å²) in [6, 6.07) is 14.0. The van der Waals surface area contributed by atoms with Gasteiger partial charge in [0.25, 0.3) is 5.91 Å². The molecule has 0 radical (unpaired) electrons. The van der Waals surface area contributed by atoms with Crippen LogP contribution in [0.2, 0.25) is 0 Å². The van der Waals surface area contributed by atoms with Crippen LogP contribution in [0.1, 0.15) is 6.92 Å². The number of azo groups is 1. The number of thiocarbonyl (C=S) groups is 2. The number of benzene rings is 2. The van der Waals surface area contributed by atoms with Crippen molar-refractivity contribution in [2.24, 2.45) is 15.2 Å². The van der Waals surface area contributed by atoms with Crippen LogP contribution in [0.25, 0.3) is 0 Å². The van der Waals surface area contributed by atoms with Gasteiger partial charge in [-0.05, 0) is 55.6 Å². The summed E-state index contributed by atoms with van der Waals surface area (Å²) >= 11 is 10.4. The molecule has 1 aliphatic heterocycles. The first-order valence-corrected chi connectivity index (χ1v) is 9.47. The molecule has 2 atom stereocenters. The first-order chi connectivity index (χ1) is 14.3. The van der Waals surface area contributed by atoms with Gasteiger partial charge in [-0.3, -0.25) is 10.2 Å². The smallest absolute Gasteiger partial charge is 0.280 e. The Bertz CT molecular complexity index is 1010. The molecule has 0 spiro atoms. The second-order valence-corrected chi connectivity index (χ2v) is 6.88. The van der Waals surface area contributed by atoms with Crippen molar-refractivity contribution in [3.8, 4) is 0 Å². The molecular weight excluding hydrogens is 426 g/mol. The maximum Gasteiger partial charge on any atom is 0.280 e. The highest BCUT2D eigenvalue weighted by molar-refractivity contribution is 7.80.